The molecule has 6 nitrogen and oxygen atoms in total. The molecule has 6 heteroatoms. The number of nitrogens with zero attached hydrogens (tertiary/aromatic N) is 4. The molecular weight excluding hydrogens is 316 g/mol. The number of carbonyl (C=O) groups excluding carboxylic acids is 1. The average molecular weight is 342 g/mol. The molecule has 1 amide bonds. The molecule has 0 bridgehead atoms. The van der Waals surface area contributed by atoms with Crippen molar-refractivity contribution in [3.8, 4) is 0 Å². The largest absolute Gasteiger partial charge is 0.444 e. The summed E-state index contributed by atoms with van der Waals surface area (Å²) in [5, 5.41) is 0. The normalized spacial score (nSPS) is 19.1. The van der Waals surface area contributed by atoms with Gasteiger partial charge in [-0.05, 0) is 25.0 Å². The number of hydrogen-bond acceptors (Lipinski definition) is 5. The molecule has 3 heterocycles. The van der Waals surface area contributed by atoms with Crippen molar-refractivity contribution in [2.75, 3.05) is 13.1 Å². The molecule has 2 aromatic rings. The SMILES string of the molecule is CCc1cnc(CN(C(C)=O)[C@H]2CCN([C@@H](C)c3cccnc3)C2)o1. The third kappa shape index (κ3) is 4.07. The Kier molecular flexibility index (Phi) is 5.48. The van der Waals surface area contributed by atoms with E-state index in [-0.39, 0.29) is 11.9 Å². The number of likely N-dealkylation sites (tertiary alicyclic amines) is 1. The molecule has 1 aliphatic heterocycles. The van der Waals surface area contributed by atoms with Gasteiger partial charge < -0.3 is 9.32 Å². The first-order chi connectivity index (χ1) is 12.1. The predicted molar refractivity (Wildman–Crippen MR) is 94.7 cm³/mol. The molecule has 134 valence electrons. The summed E-state index contributed by atoms with van der Waals surface area (Å²) < 4.78 is 5.69. The fraction of sp³-hybridized carbons (Fsp3) is 0.526. The number of aromatic nitrogens is 2. The Bertz CT molecular complexity index is 700. The first-order valence-corrected chi connectivity index (χ1v) is 8.93. The molecule has 0 N–H and O–H groups in total. The lowest BCUT2D eigenvalue weighted by molar-refractivity contribution is -0.132. The predicted octanol–water partition coefficient (Wildman–Crippen LogP) is 2.82. The Morgan fingerprint density at radius 2 is 2.32 bits per heavy atom. The van der Waals surface area contributed by atoms with Crippen LogP contribution in [-0.2, 0) is 17.8 Å². The van der Waals surface area contributed by atoms with E-state index < -0.39 is 0 Å². The number of pyridine rings is 1. The van der Waals surface area contributed by atoms with Crippen LogP contribution in [0.3, 0.4) is 0 Å². The molecule has 0 spiro atoms. The molecular formula is C19H26N4O2. The van der Waals surface area contributed by atoms with E-state index in [4.69, 9.17) is 4.42 Å². The zero-order valence-electron chi connectivity index (χ0n) is 15.2. The number of aryl methyl sites for hydroxylation is 1. The van der Waals surface area contributed by atoms with Crippen molar-refractivity contribution in [3.05, 3.63) is 47.9 Å². The van der Waals surface area contributed by atoms with Gasteiger partial charge in [-0.1, -0.05) is 13.0 Å². The van der Waals surface area contributed by atoms with Crippen LogP contribution in [0.4, 0.5) is 0 Å². The molecule has 2 atom stereocenters. The van der Waals surface area contributed by atoms with Gasteiger partial charge in [-0.2, -0.15) is 0 Å². The second-order valence-electron chi connectivity index (χ2n) is 6.62. The molecule has 0 saturated carbocycles. The van der Waals surface area contributed by atoms with Crippen LogP contribution in [-0.4, -0.2) is 44.8 Å². The Hall–Kier alpha value is -2.21. The number of hydrogen-bond donors (Lipinski definition) is 0. The van der Waals surface area contributed by atoms with Gasteiger partial charge in [0.15, 0.2) is 0 Å². The first-order valence-electron chi connectivity index (χ1n) is 8.93. The fourth-order valence-corrected chi connectivity index (χ4v) is 3.44. The van der Waals surface area contributed by atoms with Crippen LogP contribution in [0.1, 0.15) is 50.4 Å². The Balaban J connectivity index is 1.66. The third-order valence-corrected chi connectivity index (χ3v) is 5.01. The molecule has 25 heavy (non-hydrogen) atoms. The van der Waals surface area contributed by atoms with Crippen molar-refractivity contribution in [1.29, 1.82) is 0 Å². The fourth-order valence-electron chi connectivity index (χ4n) is 3.44. The smallest absolute Gasteiger partial charge is 0.220 e. The van der Waals surface area contributed by atoms with Crippen molar-refractivity contribution in [1.82, 2.24) is 19.8 Å². The maximum absolute atomic E-state index is 12.2. The monoisotopic (exact) mass is 342 g/mol. The topological polar surface area (TPSA) is 62.5 Å². The summed E-state index contributed by atoms with van der Waals surface area (Å²) in [5.41, 5.74) is 1.21. The number of carbonyl (C=O) groups is 1. The molecule has 3 rings (SSSR count). The third-order valence-electron chi connectivity index (χ3n) is 5.01. The zero-order valence-corrected chi connectivity index (χ0v) is 15.2. The van der Waals surface area contributed by atoms with Gasteiger partial charge in [0.05, 0.1) is 12.7 Å². The van der Waals surface area contributed by atoms with Gasteiger partial charge >= 0.3 is 0 Å². The van der Waals surface area contributed by atoms with E-state index in [0.717, 1.165) is 31.7 Å². The van der Waals surface area contributed by atoms with E-state index in [1.807, 2.05) is 24.1 Å². The average Bonchev–Trinajstić information content (AvgIpc) is 3.29. The van der Waals surface area contributed by atoms with Gasteiger partial charge in [0.1, 0.15) is 5.76 Å². The maximum atomic E-state index is 12.2. The van der Waals surface area contributed by atoms with E-state index in [2.05, 4.69) is 27.9 Å². The van der Waals surface area contributed by atoms with Gasteiger partial charge in [0.2, 0.25) is 11.8 Å². The lowest BCUT2D eigenvalue weighted by Gasteiger charge is -2.29. The minimum atomic E-state index is 0.0668. The summed E-state index contributed by atoms with van der Waals surface area (Å²) in [6.07, 6.45) is 7.23. The minimum Gasteiger partial charge on any atom is -0.444 e. The zero-order chi connectivity index (χ0) is 17.8. The molecule has 0 aromatic carbocycles. The van der Waals surface area contributed by atoms with Crippen LogP contribution in [0.25, 0.3) is 0 Å². The highest BCUT2D eigenvalue weighted by atomic mass is 16.4. The second-order valence-corrected chi connectivity index (χ2v) is 6.62. The van der Waals surface area contributed by atoms with E-state index in [9.17, 15) is 4.79 Å². The summed E-state index contributed by atoms with van der Waals surface area (Å²) >= 11 is 0. The minimum absolute atomic E-state index is 0.0668. The van der Waals surface area contributed by atoms with Gasteiger partial charge in [-0.15, -0.1) is 0 Å². The molecule has 2 aromatic heterocycles. The van der Waals surface area contributed by atoms with Crippen LogP contribution < -0.4 is 0 Å². The number of rotatable bonds is 6. The molecule has 0 radical (unpaired) electrons. The highest BCUT2D eigenvalue weighted by Gasteiger charge is 2.32. The van der Waals surface area contributed by atoms with Crippen molar-refractivity contribution >= 4 is 5.91 Å². The summed E-state index contributed by atoms with van der Waals surface area (Å²) in [4.78, 5) is 25.0. The van der Waals surface area contributed by atoms with Crippen LogP contribution in [0, 0.1) is 0 Å². The van der Waals surface area contributed by atoms with Crippen LogP contribution >= 0.6 is 0 Å². The van der Waals surface area contributed by atoms with Crippen molar-refractivity contribution in [2.24, 2.45) is 0 Å². The van der Waals surface area contributed by atoms with Crippen LogP contribution in [0.2, 0.25) is 0 Å². The van der Waals surface area contributed by atoms with Gasteiger partial charge in [-0.3, -0.25) is 14.7 Å². The molecule has 0 unspecified atom stereocenters. The Labute approximate surface area is 148 Å². The maximum Gasteiger partial charge on any atom is 0.220 e. The van der Waals surface area contributed by atoms with Gasteiger partial charge in [0.25, 0.3) is 0 Å². The summed E-state index contributed by atoms with van der Waals surface area (Å²) in [6.45, 7) is 8.11. The van der Waals surface area contributed by atoms with Crippen molar-refractivity contribution < 1.29 is 9.21 Å². The number of oxazole rings is 1. The second kappa shape index (κ2) is 7.78. The molecule has 1 saturated heterocycles. The van der Waals surface area contributed by atoms with Crippen LogP contribution in [0.5, 0.6) is 0 Å². The summed E-state index contributed by atoms with van der Waals surface area (Å²) in [5.74, 6) is 1.54. The quantitative estimate of drug-likeness (QED) is 0.808. The van der Waals surface area contributed by atoms with Crippen LogP contribution in [0.15, 0.2) is 35.1 Å². The Morgan fingerprint density at radius 1 is 1.48 bits per heavy atom. The lowest BCUT2D eigenvalue weighted by Crippen LogP contribution is -2.40. The Morgan fingerprint density at radius 3 is 2.96 bits per heavy atom. The number of amides is 1. The first kappa shape index (κ1) is 17.6. The van der Waals surface area contributed by atoms with Gasteiger partial charge in [0, 0.05) is 50.9 Å². The standard InChI is InChI=1S/C19H26N4O2/c1-4-18-11-21-19(25-18)13-23(15(3)24)17-7-9-22(12-17)14(2)16-6-5-8-20-10-16/h5-6,8,10-11,14,17H,4,7,9,12-13H2,1-3H3/t14-,17-/m0/s1. The van der Waals surface area contributed by atoms with Crippen molar-refractivity contribution in [3.63, 3.8) is 0 Å². The van der Waals surface area contributed by atoms with Gasteiger partial charge in [-0.25, -0.2) is 4.98 Å². The lowest BCUT2D eigenvalue weighted by atomic mass is 10.1. The summed E-state index contributed by atoms with van der Waals surface area (Å²) in [7, 11) is 0. The molecule has 1 aliphatic rings. The van der Waals surface area contributed by atoms with E-state index in [1.165, 1.54) is 5.56 Å². The highest BCUT2D eigenvalue weighted by molar-refractivity contribution is 5.73. The summed E-state index contributed by atoms with van der Waals surface area (Å²) in [6, 6.07) is 4.55. The highest BCUT2D eigenvalue weighted by Crippen LogP contribution is 2.27. The van der Waals surface area contributed by atoms with E-state index in [0.29, 0.717) is 18.5 Å². The molecule has 0 aliphatic carbocycles. The van der Waals surface area contributed by atoms with E-state index >= 15 is 0 Å². The van der Waals surface area contributed by atoms with E-state index in [1.54, 1.807) is 19.3 Å². The molecule has 1 fully saturated rings. The van der Waals surface area contributed by atoms with Crippen molar-refractivity contribution in [2.45, 2.75) is 52.2 Å².